The van der Waals surface area contributed by atoms with Crippen LogP contribution in [0.25, 0.3) is 11.1 Å². The van der Waals surface area contributed by atoms with Gasteiger partial charge in [0.15, 0.2) is 0 Å². The molecule has 0 bridgehead atoms. The Labute approximate surface area is 155 Å². The number of hydrogen-bond acceptors (Lipinski definition) is 4. The summed E-state index contributed by atoms with van der Waals surface area (Å²) in [5.41, 5.74) is 2.65. The lowest BCUT2D eigenvalue weighted by atomic mass is 10.0. The first-order valence-electron chi connectivity index (χ1n) is 8.41. The lowest BCUT2D eigenvalue weighted by molar-refractivity contribution is 0.317. The van der Waals surface area contributed by atoms with Gasteiger partial charge in [0.2, 0.25) is 11.8 Å². The van der Waals surface area contributed by atoms with Crippen LogP contribution in [-0.2, 0) is 4.74 Å². The molecule has 0 spiro atoms. The molecular weight excluding hydrogens is 350 g/mol. The van der Waals surface area contributed by atoms with Crippen molar-refractivity contribution in [2.24, 2.45) is 4.99 Å². The van der Waals surface area contributed by atoms with Crippen molar-refractivity contribution in [1.82, 2.24) is 4.98 Å². The van der Waals surface area contributed by atoms with Crippen molar-refractivity contribution < 1.29 is 18.3 Å². The summed E-state index contributed by atoms with van der Waals surface area (Å²) in [6.07, 6.45) is 1.74. The van der Waals surface area contributed by atoms with E-state index in [1.165, 1.54) is 18.2 Å². The predicted octanol–water partition coefficient (Wildman–Crippen LogP) is 4.55. The normalized spacial score (nSPS) is 16.0. The third kappa shape index (κ3) is 3.38. The zero-order valence-corrected chi connectivity index (χ0v) is 14.5. The second kappa shape index (κ2) is 7.15. The summed E-state index contributed by atoms with van der Waals surface area (Å²) in [6, 6.07) is 14.9. The molecule has 4 rings (SSSR count). The van der Waals surface area contributed by atoms with Gasteiger partial charge in [0.25, 0.3) is 0 Å². The molecule has 27 heavy (non-hydrogen) atoms. The molecule has 0 N–H and O–H groups in total. The largest absolute Gasteiger partial charge is 0.481 e. The molecular formula is C21H16F2N2O2. The van der Waals surface area contributed by atoms with Crippen LogP contribution in [0.3, 0.4) is 0 Å². The molecule has 1 atom stereocenters. The van der Waals surface area contributed by atoms with Crippen molar-refractivity contribution >= 4 is 5.90 Å². The fourth-order valence-corrected chi connectivity index (χ4v) is 2.95. The van der Waals surface area contributed by atoms with Crippen LogP contribution in [-0.4, -0.2) is 24.6 Å². The van der Waals surface area contributed by atoms with Crippen molar-refractivity contribution in [2.45, 2.75) is 6.04 Å². The maximum atomic E-state index is 13.9. The quantitative estimate of drug-likeness (QED) is 0.680. The summed E-state index contributed by atoms with van der Waals surface area (Å²) < 4.78 is 38.3. The molecule has 6 heteroatoms. The first kappa shape index (κ1) is 17.1. The summed E-state index contributed by atoms with van der Waals surface area (Å²) in [5, 5.41) is 0. The Morgan fingerprint density at radius 3 is 2.30 bits per heavy atom. The van der Waals surface area contributed by atoms with Gasteiger partial charge in [-0.25, -0.2) is 18.8 Å². The molecule has 2 aromatic carbocycles. The number of methoxy groups -OCH3 is 1. The number of pyridine rings is 1. The average molecular weight is 366 g/mol. The van der Waals surface area contributed by atoms with E-state index < -0.39 is 11.6 Å². The fourth-order valence-electron chi connectivity index (χ4n) is 2.95. The van der Waals surface area contributed by atoms with Crippen LogP contribution in [0, 0.1) is 11.6 Å². The second-order valence-corrected chi connectivity index (χ2v) is 6.07. The smallest absolute Gasteiger partial charge is 0.222 e. The first-order valence-corrected chi connectivity index (χ1v) is 8.41. The van der Waals surface area contributed by atoms with E-state index in [1.807, 2.05) is 30.3 Å². The summed E-state index contributed by atoms with van der Waals surface area (Å²) in [4.78, 5) is 8.56. The van der Waals surface area contributed by atoms with E-state index in [-0.39, 0.29) is 24.1 Å². The van der Waals surface area contributed by atoms with Gasteiger partial charge in [0.1, 0.15) is 29.8 Å². The Kier molecular flexibility index (Phi) is 4.54. The Balaban J connectivity index is 1.57. The van der Waals surface area contributed by atoms with Crippen LogP contribution in [0.5, 0.6) is 5.88 Å². The number of nitrogens with zero attached hydrogens (tertiary/aromatic N) is 2. The third-order valence-corrected chi connectivity index (χ3v) is 4.40. The minimum Gasteiger partial charge on any atom is -0.481 e. The van der Waals surface area contributed by atoms with Gasteiger partial charge in [-0.15, -0.1) is 0 Å². The minimum absolute atomic E-state index is 0.000897. The monoisotopic (exact) mass is 366 g/mol. The molecule has 0 amide bonds. The molecule has 0 saturated carbocycles. The number of hydrogen-bond donors (Lipinski definition) is 0. The molecule has 0 aliphatic carbocycles. The Morgan fingerprint density at radius 2 is 1.67 bits per heavy atom. The number of rotatable bonds is 4. The standard InChI is InChI=1S/C21H16F2N2O2/c1-26-19-10-9-15(11-24-19)13-5-7-14(8-6-13)18-12-27-21(25-18)20-16(22)3-2-4-17(20)23/h2-11,18H,12H2,1H3. The summed E-state index contributed by atoms with van der Waals surface area (Å²) in [5.74, 6) is -0.812. The molecule has 0 fully saturated rings. The van der Waals surface area contributed by atoms with Crippen molar-refractivity contribution in [2.75, 3.05) is 13.7 Å². The second-order valence-electron chi connectivity index (χ2n) is 6.07. The number of aromatic nitrogens is 1. The average Bonchev–Trinajstić information content (AvgIpc) is 3.18. The lowest BCUT2D eigenvalue weighted by Crippen LogP contribution is -2.07. The van der Waals surface area contributed by atoms with Gasteiger partial charge in [0, 0.05) is 17.8 Å². The van der Waals surface area contributed by atoms with Gasteiger partial charge in [-0.05, 0) is 29.3 Å². The Hall–Kier alpha value is -3.28. The van der Waals surface area contributed by atoms with Crippen LogP contribution in [0.1, 0.15) is 17.2 Å². The van der Waals surface area contributed by atoms with Crippen LogP contribution < -0.4 is 4.74 Å². The highest BCUT2D eigenvalue weighted by Gasteiger charge is 2.26. The van der Waals surface area contributed by atoms with Gasteiger partial charge >= 0.3 is 0 Å². The molecule has 3 aromatic rings. The fraction of sp³-hybridized carbons (Fsp3) is 0.143. The molecule has 0 saturated heterocycles. The van der Waals surface area contributed by atoms with Crippen LogP contribution >= 0.6 is 0 Å². The molecule has 1 aliphatic rings. The molecule has 0 radical (unpaired) electrons. The van der Waals surface area contributed by atoms with Crippen LogP contribution in [0.2, 0.25) is 0 Å². The van der Waals surface area contributed by atoms with Gasteiger partial charge < -0.3 is 9.47 Å². The Morgan fingerprint density at radius 1 is 0.963 bits per heavy atom. The molecule has 1 aliphatic heterocycles. The van der Waals surface area contributed by atoms with Crippen molar-refractivity contribution in [3.05, 3.63) is 83.6 Å². The highest BCUT2D eigenvalue weighted by atomic mass is 19.1. The third-order valence-electron chi connectivity index (χ3n) is 4.40. The molecule has 2 heterocycles. The maximum absolute atomic E-state index is 13.9. The number of benzene rings is 2. The maximum Gasteiger partial charge on any atom is 0.222 e. The molecule has 1 aromatic heterocycles. The number of ether oxygens (including phenoxy) is 2. The summed E-state index contributed by atoms with van der Waals surface area (Å²) >= 11 is 0. The van der Waals surface area contributed by atoms with Crippen molar-refractivity contribution in [3.8, 4) is 17.0 Å². The van der Waals surface area contributed by atoms with Crippen LogP contribution in [0.4, 0.5) is 8.78 Å². The summed E-state index contributed by atoms with van der Waals surface area (Å²) in [6.45, 7) is 0.243. The van der Waals surface area contributed by atoms with E-state index in [0.29, 0.717) is 5.88 Å². The van der Waals surface area contributed by atoms with Gasteiger partial charge in [-0.3, -0.25) is 0 Å². The highest BCUT2D eigenvalue weighted by Crippen LogP contribution is 2.29. The number of halogens is 2. The molecule has 136 valence electrons. The van der Waals surface area contributed by atoms with Crippen LogP contribution in [0.15, 0.2) is 65.8 Å². The SMILES string of the molecule is COc1ccc(-c2ccc(C3COC(c4c(F)cccc4F)=N3)cc2)cn1. The van der Waals surface area contributed by atoms with Gasteiger partial charge in [0.05, 0.1) is 7.11 Å². The summed E-state index contributed by atoms with van der Waals surface area (Å²) in [7, 11) is 1.57. The number of aliphatic imine (C=N–C) groups is 1. The highest BCUT2D eigenvalue weighted by molar-refractivity contribution is 5.95. The molecule has 1 unspecified atom stereocenters. The van der Waals surface area contributed by atoms with E-state index in [9.17, 15) is 8.78 Å². The predicted molar refractivity (Wildman–Crippen MR) is 97.8 cm³/mol. The van der Waals surface area contributed by atoms with Crippen molar-refractivity contribution in [3.63, 3.8) is 0 Å². The minimum atomic E-state index is -0.684. The zero-order chi connectivity index (χ0) is 18.8. The van der Waals surface area contributed by atoms with E-state index >= 15 is 0 Å². The molecule has 4 nitrogen and oxygen atoms in total. The van der Waals surface area contributed by atoms with E-state index in [2.05, 4.69) is 9.98 Å². The first-order chi connectivity index (χ1) is 13.2. The van der Waals surface area contributed by atoms with E-state index in [4.69, 9.17) is 9.47 Å². The topological polar surface area (TPSA) is 43.7 Å². The van der Waals surface area contributed by atoms with Gasteiger partial charge in [-0.2, -0.15) is 0 Å². The zero-order valence-electron chi connectivity index (χ0n) is 14.5. The van der Waals surface area contributed by atoms with E-state index in [1.54, 1.807) is 19.4 Å². The van der Waals surface area contributed by atoms with Gasteiger partial charge in [-0.1, -0.05) is 30.3 Å². The lowest BCUT2D eigenvalue weighted by Gasteiger charge is -2.07. The Bertz CT molecular complexity index is 966. The van der Waals surface area contributed by atoms with E-state index in [0.717, 1.165) is 16.7 Å². The van der Waals surface area contributed by atoms with Crippen molar-refractivity contribution in [1.29, 1.82) is 0 Å².